The monoisotopic (exact) mass is 261 g/mol. The smallest absolute Gasteiger partial charge is 0.178 e. The van der Waals surface area contributed by atoms with Crippen molar-refractivity contribution in [2.75, 3.05) is 0 Å². The van der Waals surface area contributed by atoms with Crippen molar-refractivity contribution >= 4 is 22.1 Å². The van der Waals surface area contributed by atoms with Crippen molar-refractivity contribution in [1.29, 1.82) is 0 Å². The molecule has 0 fully saturated rings. The molecule has 4 aromatic rings. The third-order valence-electron chi connectivity index (χ3n) is 3.27. The van der Waals surface area contributed by atoms with Crippen LogP contribution in [0.5, 0.6) is 0 Å². The molecule has 0 spiro atoms. The Kier molecular flexibility index (Phi) is 2.42. The molecule has 20 heavy (non-hydrogen) atoms. The van der Waals surface area contributed by atoms with E-state index in [0.717, 1.165) is 27.6 Å². The summed E-state index contributed by atoms with van der Waals surface area (Å²) in [4.78, 5) is 8.69. The van der Waals surface area contributed by atoms with E-state index in [1.807, 2.05) is 18.2 Å². The lowest BCUT2D eigenvalue weighted by molar-refractivity contribution is 0.664. The predicted octanol–water partition coefficient (Wildman–Crippen LogP) is 2.42. The van der Waals surface area contributed by atoms with E-state index in [2.05, 4.69) is 44.5 Å². The summed E-state index contributed by atoms with van der Waals surface area (Å²) in [5.74, 6) is 0. The summed E-state index contributed by atoms with van der Waals surface area (Å²) in [5, 5.41) is 9.40. The highest BCUT2D eigenvalue weighted by atomic mass is 15.4. The molecule has 96 valence electrons. The first kappa shape index (κ1) is 11.0. The molecule has 1 aromatic carbocycles. The fraction of sp³-hybridized carbons (Fsp3) is 0.0667. The maximum absolute atomic E-state index is 4.37. The van der Waals surface area contributed by atoms with Crippen LogP contribution in [0, 0.1) is 0 Å². The number of benzene rings is 1. The molecular formula is C15H11N5. The van der Waals surface area contributed by atoms with E-state index in [9.17, 15) is 0 Å². The van der Waals surface area contributed by atoms with E-state index in [4.69, 9.17) is 0 Å². The van der Waals surface area contributed by atoms with Crippen LogP contribution in [0.1, 0.15) is 5.56 Å². The Morgan fingerprint density at radius 2 is 1.80 bits per heavy atom. The minimum Gasteiger partial charge on any atom is -0.256 e. The zero-order chi connectivity index (χ0) is 13.4. The summed E-state index contributed by atoms with van der Waals surface area (Å²) in [5.41, 5.74) is 3.73. The van der Waals surface area contributed by atoms with Gasteiger partial charge in [0.25, 0.3) is 0 Å². The average Bonchev–Trinajstić information content (AvgIpc) is 2.91. The van der Waals surface area contributed by atoms with Crippen LogP contribution in [0.2, 0.25) is 0 Å². The Hall–Kier alpha value is -2.82. The van der Waals surface area contributed by atoms with Crippen molar-refractivity contribution < 1.29 is 0 Å². The Morgan fingerprint density at radius 3 is 2.80 bits per heavy atom. The molecule has 3 heterocycles. The van der Waals surface area contributed by atoms with E-state index >= 15 is 0 Å². The topological polar surface area (TPSA) is 56.5 Å². The zero-order valence-electron chi connectivity index (χ0n) is 10.6. The van der Waals surface area contributed by atoms with E-state index in [0.29, 0.717) is 6.54 Å². The molecule has 5 heteroatoms. The van der Waals surface area contributed by atoms with Crippen LogP contribution in [0.25, 0.3) is 22.1 Å². The van der Waals surface area contributed by atoms with Crippen LogP contribution in [-0.4, -0.2) is 25.0 Å². The van der Waals surface area contributed by atoms with Crippen molar-refractivity contribution in [1.82, 2.24) is 25.0 Å². The van der Waals surface area contributed by atoms with E-state index in [1.54, 1.807) is 17.1 Å². The molecule has 0 N–H and O–H groups in total. The molecule has 0 atom stereocenters. The second kappa shape index (κ2) is 4.38. The normalized spacial score (nSPS) is 11.2. The standard InChI is InChI=1S/C15H11N5/c1-3-12-6-5-11(9-14(12)16-7-1)10-20-15-13(18-19-20)4-2-8-17-15/h1-9H,10H2. The number of fused-ring (bicyclic) bond motifs is 2. The number of pyridine rings is 2. The molecule has 0 saturated carbocycles. The van der Waals surface area contributed by atoms with E-state index < -0.39 is 0 Å². The average molecular weight is 261 g/mol. The van der Waals surface area contributed by atoms with Gasteiger partial charge in [0, 0.05) is 17.8 Å². The minimum atomic E-state index is 0.639. The van der Waals surface area contributed by atoms with E-state index in [1.165, 1.54) is 0 Å². The number of aromatic nitrogens is 5. The molecule has 0 radical (unpaired) electrons. The molecule has 0 bridgehead atoms. The third-order valence-corrected chi connectivity index (χ3v) is 3.27. The summed E-state index contributed by atoms with van der Waals surface area (Å²) in [6.45, 7) is 0.639. The highest BCUT2D eigenvalue weighted by Crippen LogP contribution is 2.15. The Labute approximate surface area is 114 Å². The SMILES string of the molecule is c1cnc2cc(Cn3nnc4cccnc43)ccc2c1. The number of rotatable bonds is 2. The van der Waals surface area contributed by atoms with Gasteiger partial charge in [-0.15, -0.1) is 5.10 Å². The fourth-order valence-corrected chi connectivity index (χ4v) is 2.30. The molecule has 0 aliphatic heterocycles. The quantitative estimate of drug-likeness (QED) is 0.556. The highest BCUT2D eigenvalue weighted by Gasteiger charge is 2.06. The minimum absolute atomic E-state index is 0.639. The second-order valence-corrected chi connectivity index (χ2v) is 4.62. The first-order chi connectivity index (χ1) is 9.90. The van der Waals surface area contributed by atoms with Gasteiger partial charge in [-0.3, -0.25) is 4.98 Å². The molecule has 4 rings (SSSR count). The molecule has 0 saturated heterocycles. The van der Waals surface area contributed by atoms with Crippen LogP contribution >= 0.6 is 0 Å². The van der Waals surface area contributed by atoms with Gasteiger partial charge < -0.3 is 0 Å². The second-order valence-electron chi connectivity index (χ2n) is 4.62. The van der Waals surface area contributed by atoms with Crippen molar-refractivity contribution in [2.45, 2.75) is 6.54 Å². The number of hydrogen-bond acceptors (Lipinski definition) is 4. The Morgan fingerprint density at radius 1 is 0.900 bits per heavy atom. The Balaban J connectivity index is 1.76. The molecule has 3 aromatic heterocycles. The first-order valence-corrected chi connectivity index (χ1v) is 6.38. The van der Waals surface area contributed by atoms with Crippen molar-refractivity contribution in [3.8, 4) is 0 Å². The maximum Gasteiger partial charge on any atom is 0.178 e. The third kappa shape index (κ3) is 1.80. The summed E-state index contributed by atoms with van der Waals surface area (Å²) in [6, 6.07) is 14.0. The molecule has 0 aliphatic carbocycles. The van der Waals surface area contributed by atoms with Crippen LogP contribution in [0.4, 0.5) is 0 Å². The predicted molar refractivity (Wildman–Crippen MR) is 76.2 cm³/mol. The van der Waals surface area contributed by atoms with Crippen LogP contribution < -0.4 is 0 Å². The molecule has 0 unspecified atom stereocenters. The largest absolute Gasteiger partial charge is 0.256 e. The summed E-state index contributed by atoms with van der Waals surface area (Å²) >= 11 is 0. The lowest BCUT2D eigenvalue weighted by Gasteiger charge is -2.03. The summed E-state index contributed by atoms with van der Waals surface area (Å²) in [7, 11) is 0. The van der Waals surface area contributed by atoms with Crippen LogP contribution in [-0.2, 0) is 6.54 Å². The van der Waals surface area contributed by atoms with Crippen molar-refractivity contribution in [3.63, 3.8) is 0 Å². The zero-order valence-corrected chi connectivity index (χ0v) is 10.6. The number of nitrogens with zero attached hydrogens (tertiary/aromatic N) is 5. The van der Waals surface area contributed by atoms with Gasteiger partial charge in [-0.05, 0) is 29.8 Å². The molecule has 0 amide bonds. The van der Waals surface area contributed by atoms with Gasteiger partial charge in [-0.1, -0.05) is 23.4 Å². The summed E-state index contributed by atoms with van der Waals surface area (Å²) in [6.07, 6.45) is 3.56. The molecular weight excluding hydrogens is 250 g/mol. The summed E-state index contributed by atoms with van der Waals surface area (Å²) < 4.78 is 1.80. The first-order valence-electron chi connectivity index (χ1n) is 6.38. The number of hydrogen-bond donors (Lipinski definition) is 0. The highest BCUT2D eigenvalue weighted by molar-refractivity contribution is 5.79. The fourth-order valence-electron chi connectivity index (χ4n) is 2.30. The van der Waals surface area contributed by atoms with Gasteiger partial charge in [-0.25, -0.2) is 9.67 Å². The lowest BCUT2D eigenvalue weighted by Crippen LogP contribution is -2.02. The van der Waals surface area contributed by atoms with Gasteiger partial charge in [0.15, 0.2) is 5.65 Å². The lowest BCUT2D eigenvalue weighted by atomic mass is 10.1. The van der Waals surface area contributed by atoms with Gasteiger partial charge >= 0.3 is 0 Å². The van der Waals surface area contributed by atoms with Crippen LogP contribution in [0.15, 0.2) is 54.9 Å². The maximum atomic E-state index is 4.37. The Bertz CT molecular complexity index is 897. The van der Waals surface area contributed by atoms with Gasteiger partial charge in [-0.2, -0.15) is 0 Å². The van der Waals surface area contributed by atoms with Crippen molar-refractivity contribution in [3.05, 3.63) is 60.4 Å². The molecule has 5 nitrogen and oxygen atoms in total. The van der Waals surface area contributed by atoms with Crippen molar-refractivity contribution in [2.24, 2.45) is 0 Å². The van der Waals surface area contributed by atoms with Gasteiger partial charge in [0.05, 0.1) is 12.1 Å². The van der Waals surface area contributed by atoms with Gasteiger partial charge in [0.1, 0.15) is 5.52 Å². The van der Waals surface area contributed by atoms with E-state index in [-0.39, 0.29) is 0 Å². The van der Waals surface area contributed by atoms with Crippen LogP contribution in [0.3, 0.4) is 0 Å². The molecule has 0 aliphatic rings. The van der Waals surface area contributed by atoms with Gasteiger partial charge in [0.2, 0.25) is 0 Å².